The van der Waals surface area contributed by atoms with E-state index in [4.69, 9.17) is 4.74 Å². The lowest BCUT2D eigenvalue weighted by atomic mass is 10.4. The van der Waals surface area contributed by atoms with Gasteiger partial charge in [0.05, 0.1) is 7.11 Å². The summed E-state index contributed by atoms with van der Waals surface area (Å²) in [6.45, 7) is 3.86. The maximum absolute atomic E-state index is 5.12. The number of rotatable bonds is 6. The summed E-state index contributed by atoms with van der Waals surface area (Å²) in [7, 11) is 5.56. The van der Waals surface area contributed by atoms with Crippen LogP contribution in [-0.4, -0.2) is 44.3 Å². The van der Waals surface area contributed by atoms with E-state index in [0.717, 1.165) is 25.2 Å². The predicted octanol–water partition coefficient (Wildman–Crippen LogP) is 0.839. The maximum Gasteiger partial charge on any atom is 0.228 e. The van der Waals surface area contributed by atoms with E-state index in [1.54, 1.807) is 7.11 Å². The number of hydrogen-bond acceptors (Lipinski definition) is 5. The Morgan fingerprint density at radius 1 is 1.44 bits per heavy atom. The van der Waals surface area contributed by atoms with Crippen LogP contribution in [0, 0.1) is 6.92 Å². The quantitative estimate of drug-likeness (QED) is 0.726. The first-order chi connectivity index (χ1) is 7.67. The third kappa shape index (κ3) is 3.66. The van der Waals surface area contributed by atoms with Crippen LogP contribution in [0.4, 0.5) is 5.95 Å². The van der Waals surface area contributed by atoms with Crippen LogP contribution in [0.3, 0.4) is 0 Å². The van der Waals surface area contributed by atoms with E-state index in [-0.39, 0.29) is 0 Å². The average Bonchev–Trinajstić information content (AvgIpc) is 2.28. The molecule has 1 aromatic rings. The molecule has 0 aliphatic heterocycles. The van der Waals surface area contributed by atoms with E-state index in [9.17, 15) is 0 Å². The van der Waals surface area contributed by atoms with Gasteiger partial charge in [0.15, 0.2) is 0 Å². The number of nitrogens with zero attached hydrogens (tertiary/aromatic N) is 3. The lowest BCUT2D eigenvalue weighted by molar-refractivity contribution is 0.396. The van der Waals surface area contributed by atoms with Crippen LogP contribution in [0.1, 0.15) is 12.1 Å². The Bertz CT molecular complexity index is 330. The molecule has 5 heteroatoms. The van der Waals surface area contributed by atoms with E-state index in [0.29, 0.717) is 11.8 Å². The molecule has 1 heterocycles. The van der Waals surface area contributed by atoms with Crippen molar-refractivity contribution in [2.24, 2.45) is 0 Å². The Morgan fingerprint density at radius 3 is 2.81 bits per heavy atom. The van der Waals surface area contributed by atoms with E-state index in [1.165, 1.54) is 0 Å². The first kappa shape index (κ1) is 12.7. The average molecular weight is 224 g/mol. The van der Waals surface area contributed by atoms with Crippen LogP contribution in [0.25, 0.3) is 0 Å². The summed E-state index contributed by atoms with van der Waals surface area (Å²) in [5, 5.41) is 3.12. The van der Waals surface area contributed by atoms with Crippen molar-refractivity contribution in [3.63, 3.8) is 0 Å². The second kappa shape index (κ2) is 6.27. The van der Waals surface area contributed by atoms with Gasteiger partial charge in [0, 0.05) is 25.4 Å². The minimum Gasteiger partial charge on any atom is -0.481 e. The molecule has 0 spiro atoms. The molecule has 0 saturated heterocycles. The largest absolute Gasteiger partial charge is 0.481 e. The van der Waals surface area contributed by atoms with Crippen LogP contribution in [0.15, 0.2) is 6.07 Å². The van der Waals surface area contributed by atoms with Gasteiger partial charge in [-0.1, -0.05) is 0 Å². The van der Waals surface area contributed by atoms with Gasteiger partial charge in [-0.3, -0.25) is 0 Å². The fourth-order valence-corrected chi connectivity index (χ4v) is 1.39. The zero-order valence-corrected chi connectivity index (χ0v) is 10.4. The van der Waals surface area contributed by atoms with Crippen molar-refractivity contribution in [2.75, 3.05) is 39.2 Å². The van der Waals surface area contributed by atoms with E-state index < -0.39 is 0 Å². The summed E-state index contributed by atoms with van der Waals surface area (Å²) in [4.78, 5) is 10.7. The molecule has 0 radical (unpaired) electrons. The highest BCUT2D eigenvalue weighted by Gasteiger charge is 2.06. The molecule has 0 aromatic carbocycles. The molecule has 1 rings (SSSR count). The van der Waals surface area contributed by atoms with Crippen molar-refractivity contribution < 1.29 is 4.74 Å². The fraction of sp³-hybridized carbons (Fsp3) is 0.636. The van der Waals surface area contributed by atoms with Gasteiger partial charge in [0.2, 0.25) is 11.8 Å². The molecule has 90 valence electrons. The lowest BCUT2D eigenvalue weighted by Gasteiger charge is -2.17. The van der Waals surface area contributed by atoms with Gasteiger partial charge in [-0.15, -0.1) is 0 Å². The molecule has 5 nitrogen and oxygen atoms in total. The molecule has 0 bridgehead atoms. The summed E-state index contributed by atoms with van der Waals surface area (Å²) in [5.41, 5.74) is 0.919. The number of ether oxygens (including phenoxy) is 1. The number of methoxy groups -OCH3 is 1. The van der Waals surface area contributed by atoms with E-state index in [2.05, 4.69) is 15.3 Å². The second-order valence-electron chi connectivity index (χ2n) is 3.73. The van der Waals surface area contributed by atoms with Crippen molar-refractivity contribution in [3.05, 3.63) is 11.8 Å². The molecule has 1 aromatic heterocycles. The molecular formula is C11H20N4O. The van der Waals surface area contributed by atoms with Gasteiger partial charge in [0.25, 0.3) is 0 Å². The summed E-state index contributed by atoms with van der Waals surface area (Å²) in [6, 6.07) is 1.82. The zero-order chi connectivity index (χ0) is 12.0. The molecule has 16 heavy (non-hydrogen) atoms. The van der Waals surface area contributed by atoms with Crippen LogP contribution >= 0.6 is 0 Å². The van der Waals surface area contributed by atoms with Gasteiger partial charge >= 0.3 is 0 Å². The van der Waals surface area contributed by atoms with Crippen LogP contribution in [-0.2, 0) is 0 Å². The van der Waals surface area contributed by atoms with Gasteiger partial charge in [0.1, 0.15) is 0 Å². The van der Waals surface area contributed by atoms with Crippen molar-refractivity contribution in [1.29, 1.82) is 0 Å². The fourth-order valence-electron chi connectivity index (χ4n) is 1.39. The zero-order valence-electron chi connectivity index (χ0n) is 10.4. The Balaban J connectivity index is 2.66. The smallest absolute Gasteiger partial charge is 0.228 e. The number of nitrogens with one attached hydrogen (secondary N) is 1. The van der Waals surface area contributed by atoms with Gasteiger partial charge in [-0.25, -0.2) is 4.98 Å². The molecule has 0 saturated carbocycles. The third-order valence-corrected chi connectivity index (χ3v) is 2.29. The summed E-state index contributed by atoms with van der Waals surface area (Å²) in [5.74, 6) is 1.33. The number of aromatic nitrogens is 2. The van der Waals surface area contributed by atoms with Crippen molar-refractivity contribution in [3.8, 4) is 5.88 Å². The molecule has 0 amide bonds. The normalized spacial score (nSPS) is 10.2. The first-order valence-corrected chi connectivity index (χ1v) is 5.42. The summed E-state index contributed by atoms with van der Waals surface area (Å²) >= 11 is 0. The lowest BCUT2D eigenvalue weighted by Crippen LogP contribution is -2.24. The summed E-state index contributed by atoms with van der Waals surface area (Å²) in [6.07, 6.45) is 1.06. The van der Waals surface area contributed by atoms with Crippen molar-refractivity contribution in [1.82, 2.24) is 15.3 Å². The standard InChI is InChI=1S/C11H20N4O/c1-9-8-10(16-4)14-11(13-9)15(3)7-5-6-12-2/h8,12H,5-7H2,1-4H3. The third-order valence-electron chi connectivity index (χ3n) is 2.29. The summed E-state index contributed by atoms with van der Waals surface area (Å²) < 4.78 is 5.12. The Morgan fingerprint density at radius 2 is 2.19 bits per heavy atom. The minimum absolute atomic E-state index is 0.614. The molecule has 0 unspecified atom stereocenters. The second-order valence-corrected chi connectivity index (χ2v) is 3.73. The van der Waals surface area contributed by atoms with Crippen LogP contribution < -0.4 is 15.0 Å². The van der Waals surface area contributed by atoms with Crippen LogP contribution in [0.5, 0.6) is 5.88 Å². The van der Waals surface area contributed by atoms with E-state index >= 15 is 0 Å². The predicted molar refractivity (Wildman–Crippen MR) is 65.1 cm³/mol. The SMILES string of the molecule is CNCCCN(C)c1nc(C)cc(OC)n1. The van der Waals surface area contributed by atoms with E-state index in [1.807, 2.05) is 32.0 Å². The molecule has 1 N–H and O–H groups in total. The van der Waals surface area contributed by atoms with Gasteiger partial charge < -0.3 is 15.0 Å². The molecular weight excluding hydrogens is 204 g/mol. The number of aryl methyl sites for hydroxylation is 1. The Labute approximate surface area is 96.8 Å². The molecule has 0 atom stereocenters. The number of hydrogen-bond donors (Lipinski definition) is 1. The van der Waals surface area contributed by atoms with Crippen molar-refractivity contribution >= 4 is 5.95 Å². The molecule has 0 fully saturated rings. The Hall–Kier alpha value is -1.36. The van der Waals surface area contributed by atoms with Crippen LogP contribution in [0.2, 0.25) is 0 Å². The Kier molecular flexibility index (Phi) is 4.98. The highest BCUT2D eigenvalue weighted by atomic mass is 16.5. The van der Waals surface area contributed by atoms with Crippen molar-refractivity contribution in [2.45, 2.75) is 13.3 Å². The highest BCUT2D eigenvalue weighted by molar-refractivity contribution is 5.33. The number of anilines is 1. The molecule has 0 aliphatic rings. The first-order valence-electron chi connectivity index (χ1n) is 5.42. The van der Waals surface area contributed by atoms with Gasteiger partial charge in [-0.2, -0.15) is 4.98 Å². The maximum atomic E-state index is 5.12. The molecule has 0 aliphatic carbocycles. The van der Waals surface area contributed by atoms with Gasteiger partial charge in [-0.05, 0) is 26.9 Å². The highest BCUT2D eigenvalue weighted by Crippen LogP contribution is 2.13. The topological polar surface area (TPSA) is 50.3 Å². The monoisotopic (exact) mass is 224 g/mol. The minimum atomic E-state index is 0.614.